The molecule has 1 aliphatic heterocycles. The highest BCUT2D eigenvalue weighted by molar-refractivity contribution is 9.10. The minimum Gasteiger partial charge on any atom is -0.481 e. The maximum atomic E-state index is 12.4. The fraction of sp³-hybridized carbons (Fsp3) is 0.385. The van der Waals surface area contributed by atoms with Crippen molar-refractivity contribution >= 4 is 39.4 Å². The number of aliphatic carboxylic acids is 1. The predicted molar refractivity (Wildman–Crippen MR) is 75.4 cm³/mol. The zero-order valence-corrected chi connectivity index (χ0v) is 12.6. The number of nitrogens with zero attached hydrogens (tertiary/aromatic N) is 1. The van der Waals surface area contributed by atoms with Crippen molar-refractivity contribution in [3.63, 3.8) is 0 Å². The van der Waals surface area contributed by atoms with Crippen molar-refractivity contribution in [2.45, 2.75) is 19.4 Å². The van der Waals surface area contributed by atoms with Crippen molar-refractivity contribution in [1.82, 2.24) is 4.90 Å². The number of hydrogen-bond donors (Lipinski definition) is 1. The Morgan fingerprint density at radius 1 is 1.47 bits per heavy atom. The van der Waals surface area contributed by atoms with Gasteiger partial charge < -0.3 is 10.0 Å². The van der Waals surface area contributed by atoms with Crippen molar-refractivity contribution < 1.29 is 14.7 Å². The number of benzene rings is 1. The van der Waals surface area contributed by atoms with Crippen LogP contribution in [0.4, 0.5) is 0 Å². The van der Waals surface area contributed by atoms with Gasteiger partial charge in [0.05, 0.1) is 11.5 Å². The van der Waals surface area contributed by atoms with Gasteiger partial charge in [-0.15, -0.1) is 0 Å². The molecule has 0 saturated carbocycles. The first kappa shape index (κ1) is 14.3. The van der Waals surface area contributed by atoms with Crippen LogP contribution in [0.2, 0.25) is 5.02 Å². The topological polar surface area (TPSA) is 57.6 Å². The minimum absolute atomic E-state index is 0.189. The van der Waals surface area contributed by atoms with E-state index in [0.717, 1.165) is 0 Å². The first-order valence-electron chi connectivity index (χ1n) is 5.90. The van der Waals surface area contributed by atoms with Gasteiger partial charge in [-0.2, -0.15) is 0 Å². The zero-order chi connectivity index (χ0) is 14.2. The Balaban J connectivity index is 2.26. The van der Waals surface area contributed by atoms with E-state index in [-0.39, 0.29) is 11.9 Å². The Kier molecular flexibility index (Phi) is 4.16. The van der Waals surface area contributed by atoms with Crippen molar-refractivity contribution in [1.29, 1.82) is 0 Å². The van der Waals surface area contributed by atoms with E-state index in [2.05, 4.69) is 15.9 Å². The molecule has 19 heavy (non-hydrogen) atoms. The number of amides is 1. The lowest BCUT2D eigenvalue weighted by atomic mass is 10.0. The standard InChI is InChI=1S/C13H13BrClNO3/c1-7-9(13(18)19)4-5-16(7)12(17)10-6-8(15)2-3-11(10)14/h2-3,6-7,9H,4-5H2,1H3,(H,18,19). The lowest BCUT2D eigenvalue weighted by molar-refractivity contribution is -0.142. The third kappa shape index (κ3) is 2.77. The highest BCUT2D eigenvalue weighted by atomic mass is 79.9. The maximum absolute atomic E-state index is 12.4. The lowest BCUT2D eigenvalue weighted by Gasteiger charge is -2.23. The molecule has 0 spiro atoms. The molecule has 1 aromatic carbocycles. The van der Waals surface area contributed by atoms with Crippen LogP contribution in [0.5, 0.6) is 0 Å². The summed E-state index contributed by atoms with van der Waals surface area (Å²) in [7, 11) is 0. The van der Waals surface area contributed by atoms with Gasteiger partial charge in [-0.1, -0.05) is 11.6 Å². The van der Waals surface area contributed by atoms with Crippen molar-refractivity contribution in [2.75, 3.05) is 6.54 Å². The van der Waals surface area contributed by atoms with Crippen LogP contribution in [-0.2, 0) is 4.79 Å². The van der Waals surface area contributed by atoms with Gasteiger partial charge in [-0.05, 0) is 47.5 Å². The molecule has 1 heterocycles. The summed E-state index contributed by atoms with van der Waals surface area (Å²) in [6.07, 6.45) is 0.487. The van der Waals surface area contributed by atoms with E-state index in [4.69, 9.17) is 16.7 Å². The molecule has 2 atom stereocenters. The van der Waals surface area contributed by atoms with Crippen LogP contribution in [0.3, 0.4) is 0 Å². The molecule has 0 aliphatic carbocycles. The summed E-state index contributed by atoms with van der Waals surface area (Å²) in [5.41, 5.74) is 0.463. The molecule has 1 fully saturated rings. The van der Waals surface area contributed by atoms with E-state index >= 15 is 0 Å². The van der Waals surface area contributed by atoms with Crippen LogP contribution in [0.1, 0.15) is 23.7 Å². The van der Waals surface area contributed by atoms with E-state index in [0.29, 0.717) is 28.0 Å². The van der Waals surface area contributed by atoms with E-state index in [1.807, 2.05) is 0 Å². The van der Waals surface area contributed by atoms with Crippen LogP contribution in [0.15, 0.2) is 22.7 Å². The van der Waals surface area contributed by atoms with Crippen molar-refractivity contribution in [3.8, 4) is 0 Å². The second-order valence-corrected chi connectivity index (χ2v) is 5.89. The molecule has 4 nitrogen and oxygen atoms in total. The van der Waals surface area contributed by atoms with Gasteiger partial charge in [0.1, 0.15) is 0 Å². The number of halogens is 2. The van der Waals surface area contributed by atoms with Crippen LogP contribution < -0.4 is 0 Å². The van der Waals surface area contributed by atoms with Gasteiger partial charge in [0, 0.05) is 22.1 Å². The Labute approximate surface area is 124 Å². The van der Waals surface area contributed by atoms with Gasteiger partial charge in [0.25, 0.3) is 5.91 Å². The summed E-state index contributed by atoms with van der Waals surface area (Å²) in [4.78, 5) is 25.1. The Bertz CT molecular complexity index is 535. The summed E-state index contributed by atoms with van der Waals surface area (Å²) < 4.78 is 0.660. The quantitative estimate of drug-likeness (QED) is 0.895. The summed E-state index contributed by atoms with van der Waals surface area (Å²) in [6, 6.07) is 4.69. The molecule has 1 aromatic rings. The molecule has 2 rings (SSSR count). The van der Waals surface area contributed by atoms with Crippen LogP contribution in [-0.4, -0.2) is 34.5 Å². The van der Waals surface area contributed by atoms with E-state index in [1.54, 1.807) is 30.0 Å². The first-order valence-corrected chi connectivity index (χ1v) is 7.07. The summed E-state index contributed by atoms with van der Waals surface area (Å²) in [5.74, 6) is -1.54. The molecule has 102 valence electrons. The monoisotopic (exact) mass is 345 g/mol. The number of carbonyl (C=O) groups excluding carboxylic acids is 1. The summed E-state index contributed by atoms with van der Waals surface area (Å²) >= 11 is 9.22. The van der Waals surface area contributed by atoms with Gasteiger partial charge in [0.15, 0.2) is 0 Å². The van der Waals surface area contributed by atoms with Crippen molar-refractivity contribution in [2.24, 2.45) is 5.92 Å². The third-order valence-electron chi connectivity index (χ3n) is 3.49. The van der Waals surface area contributed by atoms with Crippen LogP contribution >= 0.6 is 27.5 Å². The van der Waals surface area contributed by atoms with E-state index < -0.39 is 11.9 Å². The average Bonchev–Trinajstić information content (AvgIpc) is 2.73. The molecule has 1 amide bonds. The second-order valence-electron chi connectivity index (χ2n) is 4.60. The molecule has 0 radical (unpaired) electrons. The van der Waals surface area contributed by atoms with Gasteiger partial charge in [0.2, 0.25) is 0 Å². The molecular weight excluding hydrogens is 334 g/mol. The molecule has 2 unspecified atom stereocenters. The number of carboxylic acids is 1. The molecule has 0 bridgehead atoms. The normalized spacial score (nSPS) is 22.6. The van der Waals surface area contributed by atoms with E-state index in [1.165, 1.54) is 0 Å². The largest absolute Gasteiger partial charge is 0.481 e. The van der Waals surface area contributed by atoms with Gasteiger partial charge in [-0.25, -0.2) is 0 Å². The SMILES string of the molecule is CC1C(C(=O)O)CCN1C(=O)c1cc(Cl)ccc1Br. The minimum atomic E-state index is -0.854. The number of carbonyl (C=O) groups is 2. The first-order chi connectivity index (χ1) is 8.91. The Morgan fingerprint density at radius 2 is 2.16 bits per heavy atom. The smallest absolute Gasteiger partial charge is 0.308 e. The van der Waals surface area contributed by atoms with Crippen LogP contribution in [0, 0.1) is 5.92 Å². The zero-order valence-electron chi connectivity index (χ0n) is 10.3. The van der Waals surface area contributed by atoms with Gasteiger partial charge in [-0.3, -0.25) is 9.59 Å². The molecule has 6 heteroatoms. The fourth-order valence-corrected chi connectivity index (χ4v) is 2.96. The number of likely N-dealkylation sites (tertiary alicyclic amines) is 1. The number of hydrogen-bond acceptors (Lipinski definition) is 2. The number of carboxylic acid groups (broad SMARTS) is 1. The predicted octanol–water partition coefficient (Wildman–Crippen LogP) is 3.04. The third-order valence-corrected chi connectivity index (χ3v) is 4.42. The molecule has 0 aromatic heterocycles. The highest BCUT2D eigenvalue weighted by Gasteiger charge is 2.38. The van der Waals surface area contributed by atoms with Crippen molar-refractivity contribution in [3.05, 3.63) is 33.3 Å². The molecule has 1 aliphatic rings. The second kappa shape index (κ2) is 5.51. The maximum Gasteiger partial charge on any atom is 0.308 e. The fourth-order valence-electron chi connectivity index (χ4n) is 2.37. The molecular formula is C13H13BrClNO3. The summed E-state index contributed by atoms with van der Waals surface area (Å²) in [5, 5.41) is 9.56. The lowest BCUT2D eigenvalue weighted by Crippen LogP contribution is -2.37. The Hall–Kier alpha value is -1.07. The molecule has 1 saturated heterocycles. The molecule has 1 N–H and O–H groups in total. The number of rotatable bonds is 2. The highest BCUT2D eigenvalue weighted by Crippen LogP contribution is 2.29. The Morgan fingerprint density at radius 3 is 2.74 bits per heavy atom. The van der Waals surface area contributed by atoms with Crippen LogP contribution in [0.25, 0.3) is 0 Å². The van der Waals surface area contributed by atoms with Gasteiger partial charge >= 0.3 is 5.97 Å². The summed E-state index contributed by atoms with van der Waals surface area (Å²) in [6.45, 7) is 2.22. The average molecular weight is 347 g/mol. The van der Waals surface area contributed by atoms with E-state index in [9.17, 15) is 9.59 Å².